The first-order valence-electron chi connectivity index (χ1n) is 8.47. The maximum Gasteiger partial charge on any atom is 0.262 e. The monoisotopic (exact) mass is 368 g/mol. The fourth-order valence-corrected chi connectivity index (χ4v) is 3.35. The molecule has 26 heavy (non-hydrogen) atoms. The fourth-order valence-electron chi connectivity index (χ4n) is 2.52. The van der Waals surface area contributed by atoms with E-state index < -0.39 is 0 Å². The highest BCUT2D eigenvalue weighted by Crippen LogP contribution is 2.18. The summed E-state index contributed by atoms with van der Waals surface area (Å²) in [6.45, 7) is 3.01. The Hall–Kier alpha value is -2.67. The topological polar surface area (TPSA) is 76.9 Å². The summed E-state index contributed by atoms with van der Waals surface area (Å²) in [5.74, 6) is 0.157. The van der Waals surface area contributed by atoms with Gasteiger partial charge in [-0.25, -0.2) is 4.98 Å². The normalized spacial score (nSPS) is 10.8. The van der Waals surface area contributed by atoms with Crippen molar-refractivity contribution in [1.82, 2.24) is 19.9 Å². The molecule has 0 atom stereocenters. The third-order valence-corrected chi connectivity index (χ3v) is 4.77. The number of nitrogens with one attached hydrogen (secondary N) is 1. The van der Waals surface area contributed by atoms with Gasteiger partial charge in [0.25, 0.3) is 5.56 Å². The number of carbonyl (C=O) groups is 1. The molecule has 6 nitrogen and oxygen atoms in total. The molecule has 0 saturated carbocycles. The lowest BCUT2D eigenvalue weighted by Crippen LogP contribution is -2.27. The highest BCUT2D eigenvalue weighted by Gasteiger charge is 2.13. The molecule has 134 valence electrons. The molecule has 0 aliphatic carbocycles. The third-order valence-electron chi connectivity index (χ3n) is 3.79. The van der Waals surface area contributed by atoms with Crippen molar-refractivity contribution in [3.05, 3.63) is 64.7 Å². The van der Waals surface area contributed by atoms with Crippen molar-refractivity contribution in [1.29, 1.82) is 0 Å². The third kappa shape index (κ3) is 4.29. The lowest BCUT2D eigenvalue weighted by atomic mass is 10.2. The second-order valence-corrected chi connectivity index (χ2v) is 6.75. The number of benzene rings is 1. The van der Waals surface area contributed by atoms with E-state index in [1.807, 2.05) is 37.3 Å². The Labute approximate surface area is 155 Å². The Bertz CT molecular complexity index is 957. The highest BCUT2D eigenvalue weighted by molar-refractivity contribution is 7.99. The van der Waals surface area contributed by atoms with Gasteiger partial charge in [-0.15, -0.1) is 0 Å². The van der Waals surface area contributed by atoms with Crippen molar-refractivity contribution in [3.8, 4) is 0 Å². The highest BCUT2D eigenvalue weighted by atomic mass is 32.2. The van der Waals surface area contributed by atoms with E-state index in [1.165, 1.54) is 11.8 Å². The van der Waals surface area contributed by atoms with Gasteiger partial charge in [0.2, 0.25) is 5.91 Å². The summed E-state index contributed by atoms with van der Waals surface area (Å²) in [4.78, 5) is 33.6. The number of thioether (sulfide) groups is 1. The standard InChI is InChI=1S/C19H20N4O2S/c1-2-9-21-17(24)13-26-19-22-16-8-4-3-7-15(16)18(25)23(19)12-14-6-5-10-20-11-14/h3-8,10-11H,2,9,12-13H2,1H3,(H,21,24). The Morgan fingerprint density at radius 1 is 1.23 bits per heavy atom. The largest absolute Gasteiger partial charge is 0.355 e. The molecule has 0 aliphatic rings. The molecule has 0 radical (unpaired) electrons. The molecule has 2 aromatic heterocycles. The first kappa shape index (κ1) is 18.1. The lowest BCUT2D eigenvalue weighted by molar-refractivity contribution is -0.118. The van der Waals surface area contributed by atoms with Crippen LogP contribution in [-0.4, -0.2) is 32.7 Å². The molecule has 0 fully saturated rings. The maximum absolute atomic E-state index is 13.0. The van der Waals surface area contributed by atoms with Crippen LogP contribution in [0.1, 0.15) is 18.9 Å². The van der Waals surface area contributed by atoms with Crippen molar-refractivity contribution in [2.24, 2.45) is 0 Å². The van der Waals surface area contributed by atoms with Crippen LogP contribution >= 0.6 is 11.8 Å². The van der Waals surface area contributed by atoms with Gasteiger partial charge in [0, 0.05) is 18.9 Å². The summed E-state index contributed by atoms with van der Waals surface area (Å²) in [6.07, 6.45) is 4.30. The number of pyridine rings is 1. The van der Waals surface area contributed by atoms with Gasteiger partial charge >= 0.3 is 0 Å². The summed E-state index contributed by atoms with van der Waals surface area (Å²) in [6, 6.07) is 11.0. The number of carbonyl (C=O) groups excluding carboxylic acids is 1. The number of rotatable bonds is 7. The van der Waals surface area contributed by atoms with Crippen molar-refractivity contribution >= 4 is 28.6 Å². The predicted octanol–water partition coefficient (Wildman–Crippen LogP) is 2.46. The van der Waals surface area contributed by atoms with Crippen LogP contribution in [0.3, 0.4) is 0 Å². The van der Waals surface area contributed by atoms with E-state index >= 15 is 0 Å². The van der Waals surface area contributed by atoms with E-state index in [0.717, 1.165) is 12.0 Å². The molecule has 0 aliphatic heterocycles. The minimum atomic E-state index is -0.115. The quantitative estimate of drug-likeness (QED) is 0.512. The Kier molecular flexibility index (Phi) is 6.01. The first-order chi connectivity index (χ1) is 12.7. The molecular weight excluding hydrogens is 348 g/mol. The van der Waals surface area contributed by atoms with Gasteiger partial charge in [0.15, 0.2) is 5.16 Å². The van der Waals surface area contributed by atoms with Crippen LogP contribution < -0.4 is 10.9 Å². The van der Waals surface area contributed by atoms with E-state index in [4.69, 9.17) is 0 Å². The number of aromatic nitrogens is 3. The molecule has 1 amide bonds. The number of hydrogen-bond donors (Lipinski definition) is 1. The molecule has 0 bridgehead atoms. The minimum absolute atomic E-state index is 0.0628. The molecule has 2 heterocycles. The van der Waals surface area contributed by atoms with Crippen LogP contribution in [0.2, 0.25) is 0 Å². The fraction of sp³-hybridized carbons (Fsp3) is 0.263. The van der Waals surface area contributed by atoms with Crippen molar-refractivity contribution in [2.75, 3.05) is 12.3 Å². The number of amides is 1. The van der Waals surface area contributed by atoms with Crippen LogP contribution in [0.15, 0.2) is 58.7 Å². The van der Waals surface area contributed by atoms with Crippen LogP contribution in [0.4, 0.5) is 0 Å². The van der Waals surface area contributed by atoms with E-state index in [0.29, 0.717) is 29.1 Å². The van der Waals surface area contributed by atoms with Gasteiger partial charge in [-0.1, -0.05) is 36.9 Å². The lowest BCUT2D eigenvalue weighted by Gasteiger charge is -2.13. The van der Waals surface area contributed by atoms with Gasteiger partial charge in [-0.3, -0.25) is 19.1 Å². The van der Waals surface area contributed by atoms with Crippen LogP contribution in [0.25, 0.3) is 10.9 Å². The maximum atomic E-state index is 13.0. The van der Waals surface area contributed by atoms with Gasteiger partial charge in [0.05, 0.1) is 23.2 Å². The Morgan fingerprint density at radius 2 is 2.08 bits per heavy atom. The van der Waals surface area contributed by atoms with E-state index in [9.17, 15) is 9.59 Å². The number of para-hydroxylation sites is 1. The zero-order chi connectivity index (χ0) is 18.4. The van der Waals surface area contributed by atoms with Gasteiger partial charge < -0.3 is 5.32 Å². The Morgan fingerprint density at radius 3 is 2.85 bits per heavy atom. The minimum Gasteiger partial charge on any atom is -0.355 e. The summed E-state index contributed by atoms with van der Waals surface area (Å²) < 4.78 is 1.61. The first-order valence-corrected chi connectivity index (χ1v) is 9.45. The van der Waals surface area contributed by atoms with Crippen LogP contribution in [-0.2, 0) is 11.3 Å². The summed E-state index contributed by atoms with van der Waals surface area (Å²) in [7, 11) is 0. The predicted molar refractivity (Wildman–Crippen MR) is 103 cm³/mol. The summed E-state index contributed by atoms with van der Waals surface area (Å²) in [5.41, 5.74) is 1.43. The van der Waals surface area contributed by atoms with Crippen LogP contribution in [0.5, 0.6) is 0 Å². The molecule has 1 aromatic carbocycles. The van der Waals surface area contributed by atoms with E-state index in [1.54, 1.807) is 23.0 Å². The molecule has 3 aromatic rings. The van der Waals surface area contributed by atoms with Gasteiger partial charge in [0.1, 0.15) is 0 Å². The summed E-state index contributed by atoms with van der Waals surface area (Å²) >= 11 is 1.27. The second-order valence-electron chi connectivity index (χ2n) is 5.80. The molecule has 1 N–H and O–H groups in total. The molecule has 7 heteroatoms. The zero-order valence-corrected chi connectivity index (χ0v) is 15.3. The van der Waals surface area contributed by atoms with E-state index in [-0.39, 0.29) is 17.2 Å². The van der Waals surface area contributed by atoms with Gasteiger partial charge in [-0.2, -0.15) is 0 Å². The van der Waals surface area contributed by atoms with Crippen molar-refractivity contribution in [3.63, 3.8) is 0 Å². The summed E-state index contributed by atoms with van der Waals surface area (Å²) in [5, 5.41) is 3.94. The van der Waals surface area contributed by atoms with E-state index in [2.05, 4.69) is 15.3 Å². The van der Waals surface area contributed by atoms with Crippen LogP contribution in [0, 0.1) is 0 Å². The molecule has 0 saturated heterocycles. The number of hydrogen-bond acceptors (Lipinski definition) is 5. The average Bonchev–Trinajstić information content (AvgIpc) is 2.68. The number of fused-ring (bicyclic) bond motifs is 1. The average molecular weight is 368 g/mol. The SMILES string of the molecule is CCCNC(=O)CSc1nc2ccccc2c(=O)n1Cc1cccnc1. The van der Waals surface area contributed by atoms with Gasteiger partial charge in [-0.05, 0) is 30.2 Å². The van der Waals surface area contributed by atoms with Crippen molar-refractivity contribution in [2.45, 2.75) is 25.0 Å². The molecular formula is C19H20N4O2S. The zero-order valence-electron chi connectivity index (χ0n) is 14.5. The second kappa shape index (κ2) is 8.62. The Balaban J connectivity index is 1.95. The van der Waals surface area contributed by atoms with Crippen molar-refractivity contribution < 1.29 is 4.79 Å². The number of nitrogens with zero attached hydrogens (tertiary/aromatic N) is 3. The molecule has 3 rings (SSSR count). The smallest absolute Gasteiger partial charge is 0.262 e. The molecule has 0 unspecified atom stereocenters. The molecule has 0 spiro atoms.